The lowest BCUT2D eigenvalue weighted by molar-refractivity contribution is 0.0951. The van der Waals surface area contributed by atoms with Crippen molar-refractivity contribution in [2.24, 2.45) is 0 Å². The number of anilines is 1. The molecule has 2 heterocycles. The van der Waals surface area contributed by atoms with Gasteiger partial charge in [-0.25, -0.2) is 13.4 Å². The Kier molecular flexibility index (Phi) is 6.52. The minimum atomic E-state index is -3.30. The number of fused-ring (bicyclic) bond motifs is 2. The molecule has 192 valence electrons. The maximum atomic E-state index is 13.0. The van der Waals surface area contributed by atoms with E-state index in [0.717, 1.165) is 22.6 Å². The van der Waals surface area contributed by atoms with Gasteiger partial charge in [0.25, 0.3) is 11.8 Å². The molecule has 0 aliphatic heterocycles. The highest BCUT2D eigenvalue weighted by molar-refractivity contribution is 7.90. The molecule has 2 amide bonds. The highest BCUT2D eigenvalue weighted by atomic mass is 32.2. The number of amides is 2. The quantitative estimate of drug-likeness (QED) is 0.292. The predicted octanol–water partition coefficient (Wildman–Crippen LogP) is 3.71. The molecule has 10 nitrogen and oxygen atoms in total. The Morgan fingerprint density at radius 2 is 1.71 bits per heavy atom. The van der Waals surface area contributed by atoms with E-state index >= 15 is 0 Å². The van der Waals surface area contributed by atoms with Gasteiger partial charge in [0.1, 0.15) is 22.5 Å². The summed E-state index contributed by atoms with van der Waals surface area (Å²) in [4.78, 5) is 37.8. The Hall–Kier alpha value is -4.77. The second-order valence-corrected chi connectivity index (χ2v) is 10.6. The van der Waals surface area contributed by atoms with Gasteiger partial charge in [-0.2, -0.15) is 0 Å². The number of sulfone groups is 1. The van der Waals surface area contributed by atoms with Gasteiger partial charge >= 0.3 is 0 Å². The van der Waals surface area contributed by atoms with Gasteiger partial charge in [0.2, 0.25) is 5.95 Å². The third kappa shape index (κ3) is 5.04. The molecule has 0 saturated carbocycles. The van der Waals surface area contributed by atoms with Crippen LogP contribution in [0.5, 0.6) is 5.75 Å². The van der Waals surface area contributed by atoms with Crippen molar-refractivity contribution in [3.63, 3.8) is 0 Å². The number of aromatic nitrogens is 3. The molecule has 3 aromatic carbocycles. The molecule has 3 N–H and O–H groups in total. The summed E-state index contributed by atoms with van der Waals surface area (Å²) in [5, 5.41) is 7.31. The smallest absolute Gasteiger partial charge is 0.276 e. The van der Waals surface area contributed by atoms with E-state index in [-0.39, 0.29) is 28.6 Å². The molecular formula is C27H23N5O5S. The number of benzene rings is 3. The van der Waals surface area contributed by atoms with Crippen molar-refractivity contribution in [2.75, 3.05) is 18.7 Å². The topological polar surface area (TPSA) is 143 Å². The van der Waals surface area contributed by atoms with Crippen LogP contribution in [0.3, 0.4) is 0 Å². The minimum absolute atomic E-state index is 0.134. The molecule has 0 aliphatic carbocycles. The standard InChI is InChI=1S/C27H23N5O5S/c1-37-22-12-11-20(25(33)29-14-16-7-9-19(10-8-16)38(2,35)36)23-24(22)31-27(30-23)32-26(34)21-13-17-5-3-4-6-18(17)15-28-21/h3-13,15H,14H2,1-2H3,(H,29,33)(H2,30,31,32,34). The molecule has 5 aromatic rings. The lowest BCUT2D eigenvalue weighted by Gasteiger charge is -2.08. The summed E-state index contributed by atoms with van der Waals surface area (Å²) >= 11 is 0. The second kappa shape index (κ2) is 9.94. The Morgan fingerprint density at radius 3 is 2.42 bits per heavy atom. The fourth-order valence-electron chi connectivity index (χ4n) is 3.99. The first kappa shape index (κ1) is 24.9. The van der Waals surface area contributed by atoms with Crippen LogP contribution in [-0.4, -0.2) is 48.5 Å². The Morgan fingerprint density at radius 1 is 0.974 bits per heavy atom. The lowest BCUT2D eigenvalue weighted by atomic mass is 10.1. The second-order valence-electron chi connectivity index (χ2n) is 8.59. The summed E-state index contributed by atoms with van der Waals surface area (Å²) < 4.78 is 28.7. The summed E-state index contributed by atoms with van der Waals surface area (Å²) in [5.74, 6) is -0.276. The number of rotatable bonds is 7. The van der Waals surface area contributed by atoms with Crippen molar-refractivity contribution < 1.29 is 22.7 Å². The third-order valence-corrected chi connectivity index (χ3v) is 7.10. The van der Waals surface area contributed by atoms with E-state index in [1.807, 2.05) is 24.3 Å². The fraction of sp³-hybridized carbons (Fsp3) is 0.111. The van der Waals surface area contributed by atoms with Crippen LogP contribution in [0.1, 0.15) is 26.4 Å². The van der Waals surface area contributed by atoms with Crippen molar-refractivity contribution in [3.8, 4) is 5.75 Å². The number of hydrogen-bond donors (Lipinski definition) is 3. The van der Waals surface area contributed by atoms with Crippen LogP contribution in [0.15, 0.2) is 77.8 Å². The number of nitrogens with one attached hydrogen (secondary N) is 3. The first-order valence-corrected chi connectivity index (χ1v) is 13.4. The number of imidazole rings is 1. The SMILES string of the molecule is COc1ccc(C(=O)NCc2ccc(S(C)(=O)=O)cc2)c2nc(NC(=O)c3cc4ccccc4cn3)[nH]c12. The average Bonchev–Trinajstić information content (AvgIpc) is 3.34. The van der Waals surface area contributed by atoms with Crippen LogP contribution in [-0.2, 0) is 16.4 Å². The summed E-state index contributed by atoms with van der Waals surface area (Å²) in [5.41, 5.74) is 1.98. The maximum absolute atomic E-state index is 13.0. The van der Waals surface area contributed by atoms with E-state index in [1.165, 1.54) is 19.2 Å². The summed E-state index contributed by atoms with van der Waals surface area (Å²) in [6, 6.07) is 18.8. The number of nitrogens with zero attached hydrogens (tertiary/aromatic N) is 2. The van der Waals surface area contributed by atoms with Crippen LogP contribution >= 0.6 is 0 Å². The molecule has 0 radical (unpaired) electrons. The van der Waals surface area contributed by atoms with Gasteiger partial charge in [0, 0.05) is 24.4 Å². The summed E-state index contributed by atoms with van der Waals surface area (Å²) in [6.07, 6.45) is 2.76. The highest BCUT2D eigenvalue weighted by Gasteiger charge is 2.19. The molecule has 0 unspecified atom stereocenters. The van der Waals surface area contributed by atoms with E-state index in [1.54, 1.807) is 36.5 Å². The number of hydrogen-bond acceptors (Lipinski definition) is 7. The van der Waals surface area contributed by atoms with Gasteiger partial charge < -0.3 is 15.0 Å². The lowest BCUT2D eigenvalue weighted by Crippen LogP contribution is -2.23. The normalized spacial score (nSPS) is 11.4. The van der Waals surface area contributed by atoms with Crippen LogP contribution in [0.4, 0.5) is 5.95 Å². The monoisotopic (exact) mass is 529 g/mol. The van der Waals surface area contributed by atoms with Gasteiger partial charge in [0.15, 0.2) is 9.84 Å². The van der Waals surface area contributed by atoms with E-state index in [2.05, 4.69) is 25.6 Å². The number of aromatic amines is 1. The fourth-order valence-corrected chi connectivity index (χ4v) is 4.62. The first-order valence-electron chi connectivity index (χ1n) is 11.5. The molecule has 38 heavy (non-hydrogen) atoms. The van der Waals surface area contributed by atoms with Crippen LogP contribution in [0.25, 0.3) is 21.8 Å². The molecule has 0 spiro atoms. The van der Waals surface area contributed by atoms with Crippen molar-refractivity contribution in [3.05, 3.63) is 89.7 Å². The highest BCUT2D eigenvalue weighted by Crippen LogP contribution is 2.28. The molecule has 0 aliphatic rings. The molecular weight excluding hydrogens is 506 g/mol. The Balaban J connectivity index is 1.37. The number of ether oxygens (including phenoxy) is 1. The first-order chi connectivity index (χ1) is 18.2. The van der Waals surface area contributed by atoms with Crippen molar-refractivity contribution in [2.45, 2.75) is 11.4 Å². The third-order valence-electron chi connectivity index (χ3n) is 5.97. The van der Waals surface area contributed by atoms with E-state index < -0.39 is 21.7 Å². The van der Waals surface area contributed by atoms with Gasteiger partial charge in [-0.05, 0) is 41.3 Å². The number of methoxy groups -OCH3 is 1. The molecule has 0 bridgehead atoms. The van der Waals surface area contributed by atoms with E-state index in [0.29, 0.717) is 16.8 Å². The van der Waals surface area contributed by atoms with Crippen LogP contribution in [0.2, 0.25) is 0 Å². The maximum Gasteiger partial charge on any atom is 0.276 e. The molecule has 0 atom stereocenters. The largest absolute Gasteiger partial charge is 0.494 e. The van der Waals surface area contributed by atoms with Crippen molar-refractivity contribution >= 4 is 49.4 Å². The minimum Gasteiger partial charge on any atom is -0.494 e. The number of carbonyl (C=O) groups is 2. The average molecular weight is 530 g/mol. The zero-order valence-electron chi connectivity index (χ0n) is 20.5. The Bertz CT molecular complexity index is 1800. The van der Waals surface area contributed by atoms with Gasteiger partial charge in [-0.3, -0.25) is 19.9 Å². The summed E-state index contributed by atoms with van der Waals surface area (Å²) in [6.45, 7) is 0.179. The van der Waals surface area contributed by atoms with Gasteiger partial charge in [-0.1, -0.05) is 36.4 Å². The van der Waals surface area contributed by atoms with E-state index in [4.69, 9.17) is 4.74 Å². The van der Waals surface area contributed by atoms with Crippen LogP contribution < -0.4 is 15.4 Å². The predicted molar refractivity (Wildman–Crippen MR) is 143 cm³/mol. The molecule has 2 aromatic heterocycles. The van der Waals surface area contributed by atoms with Crippen LogP contribution in [0, 0.1) is 0 Å². The van der Waals surface area contributed by atoms with Crippen molar-refractivity contribution in [1.82, 2.24) is 20.3 Å². The zero-order chi connectivity index (χ0) is 26.9. The Labute approximate surface area is 218 Å². The van der Waals surface area contributed by atoms with E-state index in [9.17, 15) is 18.0 Å². The summed E-state index contributed by atoms with van der Waals surface area (Å²) in [7, 11) is -1.81. The van der Waals surface area contributed by atoms with Gasteiger partial charge in [0.05, 0.1) is 17.6 Å². The van der Waals surface area contributed by atoms with Gasteiger partial charge in [-0.15, -0.1) is 0 Å². The number of H-pyrrole nitrogens is 1. The van der Waals surface area contributed by atoms with Crippen molar-refractivity contribution in [1.29, 1.82) is 0 Å². The number of pyridine rings is 1. The molecule has 5 rings (SSSR count). The molecule has 0 saturated heterocycles. The number of carbonyl (C=O) groups excluding carboxylic acids is 2. The molecule has 0 fully saturated rings. The molecule has 11 heteroatoms. The zero-order valence-corrected chi connectivity index (χ0v) is 21.3.